The average Bonchev–Trinajstić information content (AvgIpc) is 2.86. The second-order valence-electron chi connectivity index (χ2n) is 3.84. The summed E-state index contributed by atoms with van der Waals surface area (Å²) in [5, 5.41) is 11.2. The first-order chi connectivity index (χ1) is 9.39. The molecule has 0 aliphatic carbocycles. The van der Waals surface area contributed by atoms with E-state index in [4.69, 9.17) is 16.7 Å². The van der Waals surface area contributed by atoms with Crippen LogP contribution in [0.5, 0.6) is 0 Å². The number of rotatable bonds is 4. The van der Waals surface area contributed by atoms with Crippen molar-refractivity contribution in [2.24, 2.45) is 0 Å². The van der Waals surface area contributed by atoms with Gasteiger partial charge in [0.05, 0.1) is 11.4 Å². The van der Waals surface area contributed by atoms with E-state index < -0.39 is 15.9 Å². The van der Waals surface area contributed by atoms with E-state index >= 15 is 0 Å². The zero-order chi connectivity index (χ0) is 14.8. The molecule has 1 heterocycles. The molecule has 0 radical (unpaired) electrons. The number of hydrogen-bond donors (Lipinski definition) is 2. The van der Waals surface area contributed by atoms with Crippen LogP contribution in [-0.2, 0) is 16.4 Å². The van der Waals surface area contributed by atoms with E-state index in [-0.39, 0.29) is 15.6 Å². The van der Waals surface area contributed by atoms with Crippen molar-refractivity contribution in [2.75, 3.05) is 0 Å². The van der Waals surface area contributed by atoms with E-state index in [9.17, 15) is 13.2 Å². The van der Waals surface area contributed by atoms with Crippen LogP contribution in [0.15, 0.2) is 45.5 Å². The third-order valence-electron chi connectivity index (χ3n) is 2.44. The van der Waals surface area contributed by atoms with Gasteiger partial charge in [-0.1, -0.05) is 11.6 Å². The summed E-state index contributed by atoms with van der Waals surface area (Å²) < 4.78 is 24.8. The summed E-state index contributed by atoms with van der Waals surface area (Å²) >= 11 is 6.76. The van der Waals surface area contributed by atoms with Gasteiger partial charge in [0.25, 0.3) is 0 Å². The van der Waals surface area contributed by atoms with E-state index in [1.807, 2.05) is 0 Å². The van der Waals surface area contributed by atoms with Crippen LogP contribution < -0.4 is 5.32 Å². The van der Waals surface area contributed by atoms with Crippen molar-refractivity contribution < 1.29 is 18.3 Å². The maximum atomic E-state index is 12.3. The monoisotopic (exact) mass is 331 g/mol. The van der Waals surface area contributed by atoms with Crippen molar-refractivity contribution in [1.82, 2.24) is 5.32 Å². The normalized spacial score (nSPS) is 11.2. The second kappa shape index (κ2) is 5.82. The summed E-state index contributed by atoms with van der Waals surface area (Å²) in [5.41, 5.74) is 0. The van der Waals surface area contributed by atoms with Crippen molar-refractivity contribution in [3.05, 3.63) is 46.3 Å². The first kappa shape index (κ1) is 14.8. The third kappa shape index (κ3) is 3.30. The standard InChI is InChI=1S/C12H10ClNO4S2/c13-8-1-4-10(5-2-8)20(17,18)11-6-3-9(19-11)7-14-12(15)16/h1-6,14H,7H2,(H,15,16). The maximum absolute atomic E-state index is 12.3. The highest BCUT2D eigenvalue weighted by Gasteiger charge is 2.19. The van der Waals surface area contributed by atoms with Crippen molar-refractivity contribution in [3.63, 3.8) is 0 Å². The Morgan fingerprint density at radius 1 is 1.20 bits per heavy atom. The van der Waals surface area contributed by atoms with Gasteiger partial charge in [0.2, 0.25) is 9.84 Å². The molecule has 0 atom stereocenters. The Kier molecular flexibility index (Phi) is 4.32. The largest absolute Gasteiger partial charge is 0.465 e. The van der Waals surface area contributed by atoms with Gasteiger partial charge in [-0.15, -0.1) is 11.3 Å². The number of thiophene rings is 1. The third-order valence-corrected chi connectivity index (χ3v) is 6.04. The summed E-state index contributed by atoms with van der Waals surface area (Å²) in [6, 6.07) is 8.94. The lowest BCUT2D eigenvalue weighted by Gasteiger charge is -2.01. The quantitative estimate of drug-likeness (QED) is 0.902. The molecule has 0 aliphatic rings. The Hall–Kier alpha value is -1.57. The number of hydrogen-bond acceptors (Lipinski definition) is 4. The molecule has 0 aliphatic heterocycles. The molecule has 0 saturated heterocycles. The summed E-state index contributed by atoms with van der Waals surface area (Å²) in [5.74, 6) is 0. The number of amides is 1. The van der Waals surface area contributed by atoms with Gasteiger partial charge in [0, 0.05) is 9.90 Å². The zero-order valence-corrected chi connectivity index (χ0v) is 12.4. The molecular formula is C12H10ClNO4S2. The van der Waals surface area contributed by atoms with Gasteiger partial charge in [0.15, 0.2) is 0 Å². The number of sulfone groups is 1. The van der Waals surface area contributed by atoms with E-state index in [0.717, 1.165) is 11.3 Å². The molecule has 1 amide bonds. The fourth-order valence-electron chi connectivity index (χ4n) is 1.49. The number of benzene rings is 1. The highest BCUT2D eigenvalue weighted by molar-refractivity contribution is 7.93. The zero-order valence-electron chi connectivity index (χ0n) is 10.0. The van der Waals surface area contributed by atoms with Gasteiger partial charge in [-0.3, -0.25) is 0 Å². The van der Waals surface area contributed by atoms with Gasteiger partial charge in [0.1, 0.15) is 4.21 Å². The molecule has 2 rings (SSSR count). The molecule has 1 aromatic heterocycles. The van der Waals surface area contributed by atoms with Gasteiger partial charge < -0.3 is 10.4 Å². The van der Waals surface area contributed by atoms with Crippen LogP contribution in [0.3, 0.4) is 0 Å². The molecule has 8 heteroatoms. The molecule has 0 spiro atoms. The molecule has 5 nitrogen and oxygen atoms in total. The van der Waals surface area contributed by atoms with Crippen molar-refractivity contribution in [2.45, 2.75) is 15.6 Å². The summed E-state index contributed by atoms with van der Waals surface area (Å²) in [6.45, 7) is 0.0795. The Balaban J connectivity index is 2.26. The minimum absolute atomic E-state index is 0.0795. The summed E-state index contributed by atoms with van der Waals surface area (Å²) in [7, 11) is -3.59. The Labute approximate surface area is 124 Å². The second-order valence-corrected chi connectivity index (χ2v) is 7.62. The number of carboxylic acid groups (broad SMARTS) is 1. The van der Waals surface area contributed by atoms with E-state index in [1.165, 1.54) is 30.3 Å². The molecule has 0 fully saturated rings. The first-order valence-corrected chi connectivity index (χ1v) is 8.13. The fraction of sp³-hybridized carbons (Fsp3) is 0.0833. The molecule has 1 aromatic carbocycles. The minimum Gasteiger partial charge on any atom is -0.465 e. The van der Waals surface area contributed by atoms with Gasteiger partial charge in [-0.2, -0.15) is 0 Å². The first-order valence-electron chi connectivity index (χ1n) is 5.46. The lowest BCUT2D eigenvalue weighted by molar-refractivity contribution is 0.194. The smallest absolute Gasteiger partial charge is 0.404 e. The van der Waals surface area contributed by atoms with E-state index in [0.29, 0.717) is 9.90 Å². The molecule has 20 heavy (non-hydrogen) atoms. The van der Waals surface area contributed by atoms with Crippen LogP contribution in [-0.4, -0.2) is 19.6 Å². The van der Waals surface area contributed by atoms with Crippen LogP contribution >= 0.6 is 22.9 Å². The van der Waals surface area contributed by atoms with Crippen LogP contribution in [0.4, 0.5) is 4.79 Å². The van der Waals surface area contributed by atoms with Gasteiger partial charge >= 0.3 is 6.09 Å². The predicted molar refractivity (Wildman–Crippen MR) is 76.1 cm³/mol. The molecule has 2 N–H and O–H groups in total. The molecule has 106 valence electrons. The fourth-order valence-corrected chi connectivity index (χ4v) is 4.31. The average molecular weight is 332 g/mol. The van der Waals surface area contributed by atoms with E-state index in [1.54, 1.807) is 6.07 Å². The highest BCUT2D eigenvalue weighted by atomic mass is 35.5. The van der Waals surface area contributed by atoms with Gasteiger partial charge in [-0.05, 0) is 36.4 Å². The van der Waals surface area contributed by atoms with E-state index in [2.05, 4.69) is 5.32 Å². The van der Waals surface area contributed by atoms with Crippen LogP contribution in [0.2, 0.25) is 5.02 Å². The predicted octanol–water partition coefficient (Wildman–Crippen LogP) is 3.00. The SMILES string of the molecule is O=C(O)NCc1ccc(S(=O)(=O)c2ccc(Cl)cc2)s1. The minimum atomic E-state index is -3.59. The lowest BCUT2D eigenvalue weighted by atomic mass is 10.4. The molecule has 2 aromatic rings. The highest BCUT2D eigenvalue weighted by Crippen LogP contribution is 2.28. The number of nitrogens with one attached hydrogen (secondary N) is 1. The Morgan fingerprint density at radius 2 is 1.85 bits per heavy atom. The van der Waals surface area contributed by atoms with Gasteiger partial charge in [-0.25, -0.2) is 13.2 Å². The van der Waals surface area contributed by atoms with Crippen LogP contribution in [0, 0.1) is 0 Å². The maximum Gasteiger partial charge on any atom is 0.404 e. The molecule has 0 unspecified atom stereocenters. The molecular weight excluding hydrogens is 322 g/mol. The summed E-state index contributed by atoms with van der Waals surface area (Å²) in [6.07, 6.45) is -1.15. The van der Waals surface area contributed by atoms with Crippen molar-refractivity contribution in [1.29, 1.82) is 0 Å². The van der Waals surface area contributed by atoms with Crippen LogP contribution in [0.1, 0.15) is 4.88 Å². The topological polar surface area (TPSA) is 83.5 Å². The number of halogens is 1. The summed E-state index contributed by atoms with van der Waals surface area (Å²) in [4.78, 5) is 11.2. The molecule has 0 bridgehead atoms. The van der Waals surface area contributed by atoms with Crippen molar-refractivity contribution >= 4 is 38.9 Å². The Bertz CT molecular complexity index is 722. The Morgan fingerprint density at radius 3 is 2.45 bits per heavy atom. The number of carbonyl (C=O) groups is 1. The van der Waals surface area contributed by atoms with Crippen LogP contribution in [0.25, 0.3) is 0 Å². The lowest BCUT2D eigenvalue weighted by Crippen LogP contribution is -2.19. The van der Waals surface area contributed by atoms with Crippen molar-refractivity contribution in [3.8, 4) is 0 Å². The molecule has 0 saturated carbocycles.